The summed E-state index contributed by atoms with van der Waals surface area (Å²) in [4.78, 5) is 16.5. The molecule has 0 saturated heterocycles. The Hall–Kier alpha value is -0.900. The number of hydrogen-bond acceptors (Lipinski definition) is 3. The van der Waals surface area contributed by atoms with Gasteiger partial charge in [-0.25, -0.2) is 0 Å². The molecule has 1 aliphatic carbocycles. The normalized spacial score (nSPS) is 26.9. The van der Waals surface area contributed by atoms with E-state index in [4.69, 9.17) is 4.74 Å². The lowest BCUT2D eigenvalue weighted by molar-refractivity contribution is -0.120. The van der Waals surface area contributed by atoms with Crippen LogP contribution in [0.5, 0.6) is 0 Å². The maximum Gasteiger partial charge on any atom is 0.250 e. The maximum atomic E-state index is 11.9. The Kier molecular flexibility index (Phi) is 4.38. The molecule has 1 amide bonds. The molecule has 0 radical (unpaired) electrons. The first kappa shape index (κ1) is 13.5. The molecule has 4 nitrogen and oxygen atoms in total. The molecule has 1 atom stereocenters. The largest absolute Gasteiger partial charge is 0.367 e. The molecule has 18 heavy (non-hydrogen) atoms. The summed E-state index contributed by atoms with van der Waals surface area (Å²) in [5.41, 5.74) is -0.314. The average Bonchev–Trinajstić information content (AvgIpc) is 2.74. The molecule has 1 aliphatic heterocycles. The number of carbonyl (C=O) groups excluding carboxylic acids is 1. The van der Waals surface area contributed by atoms with E-state index in [1.165, 1.54) is 6.42 Å². The lowest BCUT2D eigenvalue weighted by Gasteiger charge is -2.36. The summed E-state index contributed by atoms with van der Waals surface area (Å²) in [6, 6.07) is -0.191. The number of hydrogen-bond donors (Lipinski definition) is 1. The van der Waals surface area contributed by atoms with Crippen LogP contribution in [0.4, 0.5) is 0 Å². The summed E-state index contributed by atoms with van der Waals surface area (Å²) in [6.07, 6.45) is 7.36. The van der Waals surface area contributed by atoms with E-state index in [-0.39, 0.29) is 17.6 Å². The Morgan fingerprint density at radius 1 is 1.33 bits per heavy atom. The van der Waals surface area contributed by atoms with Crippen LogP contribution in [0, 0.1) is 0 Å². The minimum Gasteiger partial charge on any atom is -0.367 e. The summed E-state index contributed by atoms with van der Waals surface area (Å²) in [6.45, 7) is 4.77. The Balaban J connectivity index is 2.16. The van der Waals surface area contributed by atoms with E-state index in [1.54, 1.807) is 0 Å². The minimum absolute atomic E-state index is 0.0523. The Labute approximate surface area is 109 Å². The van der Waals surface area contributed by atoms with Gasteiger partial charge >= 0.3 is 0 Å². The van der Waals surface area contributed by atoms with Crippen LogP contribution in [-0.4, -0.2) is 30.0 Å². The second-order valence-electron chi connectivity index (χ2n) is 5.26. The molecule has 0 aromatic heterocycles. The van der Waals surface area contributed by atoms with E-state index in [2.05, 4.69) is 17.2 Å². The van der Waals surface area contributed by atoms with Gasteiger partial charge in [0.05, 0.1) is 0 Å². The second-order valence-corrected chi connectivity index (χ2v) is 5.26. The van der Waals surface area contributed by atoms with Gasteiger partial charge in [0, 0.05) is 6.61 Å². The first-order valence-corrected chi connectivity index (χ1v) is 7.25. The van der Waals surface area contributed by atoms with E-state index >= 15 is 0 Å². The summed E-state index contributed by atoms with van der Waals surface area (Å²) < 4.78 is 5.98. The number of amides is 1. The van der Waals surface area contributed by atoms with E-state index in [0.717, 1.165) is 44.4 Å². The molecule has 0 bridgehead atoms. The highest BCUT2D eigenvalue weighted by molar-refractivity contribution is 6.09. The minimum atomic E-state index is -0.314. The molecule has 4 heteroatoms. The van der Waals surface area contributed by atoms with Gasteiger partial charge in [0.2, 0.25) is 5.91 Å². The average molecular weight is 252 g/mol. The smallest absolute Gasteiger partial charge is 0.250 e. The highest BCUT2D eigenvalue weighted by Crippen LogP contribution is 2.34. The predicted molar refractivity (Wildman–Crippen MR) is 71.7 cm³/mol. The van der Waals surface area contributed by atoms with Crippen LogP contribution >= 0.6 is 0 Å². The lowest BCUT2D eigenvalue weighted by atomic mass is 9.83. The third kappa shape index (κ3) is 2.58. The molecule has 2 aliphatic rings. The maximum absolute atomic E-state index is 11.9. The van der Waals surface area contributed by atoms with Crippen LogP contribution < -0.4 is 5.32 Å². The molecular formula is C14H24N2O2. The van der Waals surface area contributed by atoms with Crippen LogP contribution in [0.2, 0.25) is 0 Å². The third-order valence-electron chi connectivity index (χ3n) is 3.90. The molecule has 1 saturated carbocycles. The number of amidine groups is 1. The van der Waals surface area contributed by atoms with Gasteiger partial charge in [-0.15, -0.1) is 0 Å². The second kappa shape index (κ2) is 5.83. The van der Waals surface area contributed by atoms with Gasteiger partial charge in [-0.05, 0) is 26.2 Å². The van der Waals surface area contributed by atoms with Crippen molar-refractivity contribution < 1.29 is 9.53 Å². The number of nitrogens with zero attached hydrogens (tertiary/aromatic N) is 1. The van der Waals surface area contributed by atoms with Gasteiger partial charge in [-0.2, -0.15) is 0 Å². The van der Waals surface area contributed by atoms with Crippen molar-refractivity contribution in [2.24, 2.45) is 4.99 Å². The molecule has 1 fully saturated rings. The third-order valence-corrected chi connectivity index (χ3v) is 3.90. The molecule has 1 heterocycles. The highest BCUT2D eigenvalue weighted by Gasteiger charge is 2.42. The monoisotopic (exact) mass is 252 g/mol. The molecule has 2 rings (SSSR count). The Morgan fingerprint density at radius 2 is 2.06 bits per heavy atom. The molecule has 102 valence electrons. The number of nitrogens with one attached hydrogen (secondary N) is 1. The SMILES string of the molecule is CCCC1N=C(C2(OCC)CCCCC2)NC1=O. The standard InChI is InChI=1S/C14H24N2O2/c1-3-8-11-12(17)16-13(15-11)14(18-4-2)9-6-5-7-10-14/h11H,3-10H2,1-2H3,(H,15,16,17). The van der Waals surface area contributed by atoms with E-state index in [0.29, 0.717) is 6.61 Å². The summed E-state index contributed by atoms with van der Waals surface area (Å²) in [5, 5.41) is 2.97. The Morgan fingerprint density at radius 3 is 2.67 bits per heavy atom. The first-order valence-electron chi connectivity index (χ1n) is 7.25. The van der Waals surface area contributed by atoms with E-state index < -0.39 is 0 Å². The highest BCUT2D eigenvalue weighted by atomic mass is 16.5. The topological polar surface area (TPSA) is 50.7 Å². The van der Waals surface area contributed by atoms with Crippen molar-refractivity contribution in [1.82, 2.24) is 5.32 Å². The van der Waals surface area contributed by atoms with Crippen LogP contribution in [0.15, 0.2) is 4.99 Å². The zero-order valence-electron chi connectivity index (χ0n) is 11.5. The van der Waals surface area contributed by atoms with Crippen molar-refractivity contribution in [1.29, 1.82) is 0 Å². The van der Waals surface area contributed by atoms with Crippen molar-refractivity contribution in [2.45, 2.75) is 70.4 Å². The van der Waals surface area contributed by atoms with Crippen LogP contribution in [-0.2, 0) is 9.53 Å². The quantitative estimate of drug-likeness (QED) is 0.817. The van der Waals surface area contributed by atoms with Gasteiger partial charge in [-0.3, -0.25) is 9.79 Å². The molecule has 0 spiro atoms. The summed E-state index contributed by atoms with van der Waals surface area (Å²) in [7, 11) is 0. The van der Waals surface area contributed by atoms with Gasteiger partial charge in [0.15, 0.2) is 0 Å². The number of rotatable bonds is 5. The molecule has 0 aromatic rings. The first-order chi connectivity index (χ1) is 8.72. The molecule has 1 unspecified atom stereocenters. The molecular weight excluding hydrogens is 228 g/mol. The Bertz CT molecular complexity index is 327. The van der Waals surface area contributed by atoms with Crippen molar-refractivity contribution in [3.8, 4) is 0 Å². The summed E-state index contributed by atoms with van der Waals surface area (Å²) >= 11 is 0. The predicted octanol–water partition coefficient (Wildman–Crippen LogP) is 2.42. The fourth-order valence-corrected chi connectivity index (χ4v) is 3.00. The number of carbonyl (C=O) groups is 1. The molecule has 0 aromatic carbocycles. The number of aliphatic imine (C=N–C) groups is 1. The van der Waals surface area contributed by atoms with Gasteiger partial charge in [0.1, 0.15) is 17.5 Å². The fourth-order valence-electron chi connectivity index (χ4n) is 3.00. The van der Waals surface area contributed by atoms with Gasteiger partial charge in [-0.1, -0.05) is 32.6 Å². The molecule has 1 N–H and O–H groups in total. The van der Waals surface area contributed by atoms with Crippen molar-refractivity contribution in [2.75, 3.05) is 6.61 Å². The van der Waals surface area contributed by atoms with E-state index in [9.17, 15) is 4.79 Å². The van der Waals surface area contributed by atoms with Crippen molar-refractivity contribution in [3.05, 3.63) is 0 Å². The zero-order valence-corrected chi connectivity index (χ0v) is 11.5. The lowest BCUT2D eigenvalue weighted by Crippen LogP contribution is -2.49. The van der Waals surface area contributed by atoms with Crippen LogP contribution in [0.25, 0.3) is 0 Å². The zero-order chi connectivity index (χ0) is 13.0. The van der Waals surface area contributed by atoms with Crippen molar-refractivity contribution in [3.63, 3.8) is 0 Å². The van der Waals surface area contributed by atoms with Gasteiger partial charge in [0.25, 0.3) is 0 Å². The van der Waals surface area contributed by atoms with E-state index in [1.807, 2.05) is 6.92 Å². The fraction of sp³-hybridized carbons (Fsp3) is 0.857. The number of ether oxygens (including phenoxy) is 1. The van der Waals surface area contributed by atoms with Crippen LogP contribution in [0.1, 0.15) is 58.8 Å². The van der Waals surface area contributed by atoms with Crippen molar-refractivity contribution >= 4 is 11.7 Å². The van der Waals surface area contributed by atoms with Crippen LogP contribution in [0.3, 0.4) is 0 Å². The summed E-state index contributed by atoms with van der Waals surface area (Å²) in [5.74, 6) is 0.851. The van der Waals surface area contributed by atoms with Gasteiger partial charge < -0.3 is 10.1 Å².